The fourth-order valence-corrected chi connectivity index (χ4v) is 2.13. The number of fused-ring (bicyclic) bond motifs is 1. The molecule has 0 saturated carbocycles. The van der Waals surface area contributed by atoms with E-state index in [9.17, 15) is 4.79 Å². The minimum absolute atomic E-state index is 0.0808. The quantitative estimate of drug-likeness (QED) is 0.832. The fraction of sp³-hybridized carbons (Fsp3) is 0.429. The van der Waals surface area contributed by atoms with E-state index in [1.54, 1.807) is 6.92 Å². The van der Waals surface area contributed by atoms with Gasteiger partial charge in [0.2, 0.25) is 0 Å². The minimum Gasteiger partial charge on any atom is -0.441 e. The lowest BCUT2D eigenvalue weighted by molar-refractivity contribution is -0.118. The molecule has 18 heavy (non-hydrogen) atoms. The van der Waals surface area contributed by atoms with Crippen LogP contribution in [-0.2, 0) is 4.79 Å². The summed E-state index contributed by atoms with van der Waals surface area (Å²) < 4.78 is 5.53. The lowest BCUT2D eigenvalue weighted by Gasteiger charge is -2.23. The van der Waals surface area contributed by atoms with Gasteiger partial charge in [-0.2, -0.15) is 0 Å². The van der Waals surface area contributed by atoms with Crippen LogP contribution in [0.4, 0.5) is 0 Å². The zero-order valence-electron chi connectivity index (χ0n) is 11.2. The van der Waals surface area contributed by atoms with Gasteiger partial charge in [-0.1, -0.05) is 6.07 Å². The predicted molar refractivity (Wildman–Crippen MR) is 70.5 cm³/mol. The lowest BCUT2D eigenvalue weighted by atomic mass is 10.0. The number of hydrogen-bond donors (Lipinski definition) is 0. The molecule has 96 valence electrons. The number of Topliss-reactive ketones (excluding diaryl/α,β-unsaturated/α-hetero) is 1. The molecule has 0 aliphatic carbocycles. The molecule has 0 spiro atoms. The third-order valence-electron chi connectivity index (χ3n) is 3.01. The summed E-state index contributed by atoms with van der Waals surface area (Å²) >= 11 is 0. The summed E-state index contributed by atoms with van der Waals surface area (Å²) in [6.07, 6.45) is 0.506. The second-order valence-electron chi connectivity index (χ2n) is 4.85. The molecule has 0 saturated heterocycles. The first-order valence-electron chi connectivity index (χ1n) is 6.00. The molecule has 4 heteroatoms. The molecular weight excluding hydrogens is 228 g/mol. The summed E-state index contributed by atoms with van der Waals surface area (Å²) in [7, 11) is 3.95. The normalized spacial score (nSPS) is 13.2. The van der Waals surface area contributed by atoms with Crippen LogP contribution in [0.2, 0.25) is 0 Å². The van der Waals surface area contributed by atoms with Crippen molar-refractivity contribution in [3.8, 4) is 0 Å². The van der Waals surface area contributed by atoms with Crippen LogP contribution in [0.1, 0.15) is 30.8 Å². The largest absolute Gasteiger partial charge is 0.441 e. The van der Waals surface area contributed by atoms with E-state index < -0.39 is 0 Å². The van der Waals surface area contributed by atoms with E-state index in [0.29, 0.717) is 12.3 Å². The molecule has 2 rings (SSSR count). The maximum Gasteiger partial charge on any atom is 0.192 e. The number of rotatable bonds is 4. The highest BCUT2D eigenvalue weighted by Crippen LogP contribution is 2.26. The third kappa shape index (κ3) is 2.59. The van der Waals surface area contributed by atoms with Crippen LogP contribution in [0.15, 0.2) is 22.6 Å². The van der Waals surface area contributed by atoms with Crippen LogP contribution in [0.25, 0.3) is 11.1 Å². The molecule has 1 aromatic heterocycles. The van der Waals surface area contributed by atoms with Gasteiger partial charge in [-0.3, -0.25) is 4.79 Å². The van der Waals surface area contributed by atoms with E-state index >= 15 is 0 Å². The van der Waals surface area contributed by atoms with Gasteiger partial charge in [-0.05, 0) is 38.7 Å². The van der Waals surface area contributed by atoms with Crippen LogP contribution >= 0.6 is 0 Å². The highest BCUT2D eigenvalue weighted by molar-refractivity contribution is 5.77. The van der Waals surface area contributed by atoms with Crippen molar-refractivity contribution in [2.45, 2.75) is 26.3 Å². The molecule has 1 atom stereocenters. The van der Waals surface area contributed by atoms with Crippen molar-refractivity contribution >= 4 is 16.9 Å². The van der Waals surface area contributed by atoms with Crippen molar-refractivity contribution < 1.29 is 9.21 Å². The van der Waals surface area contributed by atoms with Gasteiger partial charge in [0, 0.05) is 19.4 Å². The number of carbonyl (C=O) groups is 1. The van der Waals surface area contributed by atoms with Gasteiger partial charge in [0.15, 0.2) is 11.5 Å². The number of oxazole rings is 1. The predicted octanol–water partition coefficient (Wildman–Crippen LogP) is 2.72. The lowest BCUT2D eigenvalue weighted by Crippen LogP contribution is -2.22. The SMILES string of the molecule is CC(=O)CC(c1ccc2nc(C)oc2c1)N(C)C. The first kappa shape index (κ1) is 12.8. The molecule has 1 heterocycles. The second-order valence-corrected chi connectivity index (χ2v) is 4.85. The Bertz CT molecular complexity index is 572. The number of ketones is 1. The van der Waals surface area contributed by atoms with Gasteiger partial charge in [-0.15, -0.1) is 0 Å². The highest BCUT2D eigenvalue weighted by Gasteiger charge is 2.17. The van der Waals surface area contributed by atoms with E-state index in [4.69, 9.17) is 4.42 Å². The average molecular weight is 246 g/mol. The molecule has 4 nitrogen and oxygen atoms in total. The van der Waals surface area contributed by atoms with Crippen LogP contribution < -0.4 is 0 Å². The average Bonchev–Trinajstić information content (AvgIpc) is 2.64. The Balaban J connectivity index is 2.40. The topological polar surface area (TPSA) is 46.3 Å². The Labute approximate surface area is 107 Å². The van der Waals surface area contributed by atoms with Crippen molar-refractivity contribution in [2.24, 2.45) is 0 Å². The smallest absolute Gasteiger partial charge is 0.192 e. The summed E-state index contributed by atoms with van der Waals surface area (Å²) in [4.78, 5) is 17.7. The van der Waals surface area contributed by atoms with E-state index in [0.717, 1.165) is 16.7 Å². The molecule has 0 amide bonds. The Morgan fingerprint density at radius 3 is 2.78 bits per heavy atom. The van der Waals surface area contributed by atoms with Crippen molar-refractivity contribution in [2.75, 3.05) is 14.1 Å². The van der Waals surface area contributed by atoms with Crippen LogP contribution in [0.3, 0.4) is 0 Å². The standard InChI is InChI=1S/C14H18N2O2/c1-9(17)7-13(16(3)4)11-5-6-12-14(8-11)18-10(2)15-12/h5-6,8,13H,7H2,1-4H3. The number of nitrogens with zero attached hydrogens (tertiary/aromatic N) is 2. The van der Waals surface area contributed by atoms with Crippen molar-refractivity contribution in [3.63, 3.8) is 0 Å². The van der Waals surface area contributed by atoms with Gasteiger partial charge in [0.1, 0.15) is 11.3 Å². The molecule has 0 fully saturated rings. The van der Waals surface area contributed by atoms with Crippen molar-refractivity contribution in [1.29, 1.82) is 0 Å². The van der Waals surface area contributed by atoms with E-state index in [-0.39, 0.29) is 11.8 Å². The fourth-order valence-electron chi connectivity index (χ4n) is 2.13. The van der Waals surface area contributed by atoms with Gasteiger partial charge >= 0.3 is 0 Å². The molecule has 2 aromatic rings. The maximum absolute atomic E-state index is 11.3. The number of aryl methyl sites for hydroxylation is 1. The molecule has 0 bridgehead atoms. The zero-order valence-corrected chi connectivity index (χ0v) is 11.2. The molecular formula is C14H18N2O2. The Kier molecular flexibility index (Phi) is 3.48. The Hall–Kier alpha value is -1.68. The Morgan fingerprint density at radius 2 is 2.17 bits per heavy atom. The van der Waals surface area contributed by atoms with Gasteiger partial charge < -0.3 is 9.32 Å². The monoisotopic (exact) mass is 246 g/mol. The third-order valence-corrected chi connectivity index (χ3v) is 3.01. The molecule has 1 aromatic carbocycles. The summed E-state index contributed by atoms with van der Waals surface area (Å²) in [6.45, 7) is 3.45. The Morgan fingerprint density at radius 1 is 1.44 bits per heavy atom. The van der Waals surface area contributed by atoms with Crippen molar-refractivity contribution in [1.82, 2.24) is 9.88 Å². The first-order valence-corrected chi connectivity index (χ1v) is 6.00. The summed E-state index contributed by atoms with van der Waals surface area (Å²) in [6, 6.07) is 6.01. The summed E-state index contributed by atoms with van der Waals surface area (Å²) in [5.41, 5.74) is 2.72. The van der Waals surface area contributed by atoms with Crippen molar-refractivity contribution in [3.05, 3.63) is 29.7 Å². The summed E-state index contributed by atoms with van der Waals surface area (Å²) in [5, 5.41) is 0. The van der Waals surface area contributed by atoms with E-state index in [1.807, 2.05) is 44.1 Å². The van der Waals surface area contributed by atoms with Crippen LogP contribution in [0, 0.1) is 6.92 Å². The number of benzene rings is 1. The van der Waals surface area contributed by atoms with Gasteiger partial charge in [0.25, 0.3) is 0 Å². The second kappa shape index (κ2) is 4.90. The number of aromatic nitrogens is 1. The maximum atomic E-state index is 11.3. The van der Waals surface area contributed by atoms with Gasteiger partial charge in [0.05, 0.1) is 0 Å². The summed E-state index contributed by atoms with van der Waals surface area (Å²) in [5.74, 6) is 0.845. The molecule has 0 aliphatic heterocycles. The minimum atomic E-state index is 0.0808. The van der Waals surface area contributed by atoms with Crippen LogP contribution in [-0.4, -0.2) is 29.8 Å². The van der Waals surface area contributed by atoms with Gasteiger partial charge in [-0.25, -0.2) is 4.98 Å². The molecule has 1 unspecified atom stereocenters. The van der Waals surface area contributed by atoms with Crippen LogP contribution in [0.5, 0.6) is 0 Å². The first-order chi connectivity index (χ1) is 8.47. The molecule has 0 aliphatic rings. The highest BCUT2D eigenvalue weighted by atomic mass is 16.3. The zero-order chi connectivity index (χ0) is 13.3. The molecule has 0 N–H and O–H groups in total. The van der Waals surface area contributed by atoms with E-state index in [1.165, 1.54) is 0 Å². The van der Waals surface area contributed by atoms with E-state index in [2.05, 4.69) is 4.98 Å². The number of carbonyl (C=O) groups excluding carboxylic acids is 1. The molecule has 0 radical (unpaired) electrons. The number of hydrogen-bond acceptors (Lipinski definition) is 4.